The van der Waals surface area contributed by atoms with Gasteiger partial charge in [-0.2, -0.15) is 0 Å². The van der Waals surface area contributed by atoms with Crippen molar-refractivity contribution in [3.63, 3.8) is 0 Å². The Morgan fingerprint density at radius 1 is 1.77 bits per heavy atom. The van der Waals surface area contributed by atoms with Gasteiger partial charge in [-0.1, -0.05) is 21.0 Å². The van der Waals surface area contributed by atoms with Gasteiger partial charge in [-0.25, -0.2) is 4.79 Å². The normalized spacial score (nSPS) is 38.6. The van der Waals surface area contributed by atoms with Gasteiger partial charge >= 0.3 is 6.03 Å². The molecule has 3 amide bonds. The largest absolute Gasteiger partial charge is 0.394 e. The fourth-order valence-corrected chi connectivity index (χ4v) is 3.13. The minimum atomic E-state index is -1.16. The third-order valence-corrected chi connectivity index (χ3v) is 4.48. The smallest absolute Gasteiger partial charge is 0.328 e. The van der Waals surface area contributed by atoms with E-state index in [0.717, 1.165) is 0 Å². The number of ether oxygens (including phenoxy) is 2. The lowest BCUT2D eigenvalue weighted by molar-refractivity contribution is -0.153. The highest BCUT2D eigenvalue weighted by Crippen LogP contribution is 2.35. The van der Waals surface area contributed by atoms with E-state index in [1.807, 2.05) is 0 Å². The number of carbonyl (C=O) groups is 2. The second-order valence-corrected chi connectivity index (χ2v) is 6.80. The molecule has 0 saturated carbocycles. The van der Waals surface area contributed by atoms with Gasteiger partial charge in [0.15, 0.2) is 6.23 Å². The molecule has 0 bridgehead atoms. The summed E-state index contributed by atoms with van der Waals surface area (Å²) >= 11 is 3.26. The van der Waals surface area contributed by atoms with Crippen LogP contribution in [0.5, 0.6) is 0 Å². The van der Waals surface area contributed by atoms with Gasteiger partial charge in [0.2, 0.25) is 5.91 Å². The van der Waals surface area contributed by atoms with Gasteiger partial charge in [-0.15, -0.1) is 0 Å². The Kier molecular flexibility index (Phi) is 4.93. The minimum absolute atomic E-state index is 0.194. The first kappa shape index (κ1) is 17.0. The number of imide groups is 1. The van der Waals surface area contributed by atoms with Crippen molar-refractivity contribution in [3.8, 4) is 0 Å². The Labute approximate surface area is 134 Å². The number of alkyl halides is 1. The van der Waals surface area contributed by atoms with Crippen molar-refractivity contribution in [2.75, 3.05) is 13.7 Å². The quantitative estimate of drug-likeness (QED) is 0.316. The van der Waals surface area contributed by atoms with E-state index in [1.165, 1.54) is 12.0 Å². The van der Waals surface area contributed by atoms with Crippen LogP contribution >= 0.6 is 15.9 Å². The van der Waals surface area contributed by atoms with Gasteiger partial charge in [0.05, 0.1) is 18.8 Å². The van der Waals surface area contributed by atoms with Crippen LogP contribution in [0.4, 0.5) is 4.79 Å². The molecule has 2 rings (SSSR count). The fraction of sp³-hybridized carbons (Fsp3) is 0.818. The average molecular weight is 380 g/mol. The van der Waals surface area contributed by atoms with Crippen LogP contribution in [0.2, 0.25) is 0 Å². The zero-order chi connectivity index (χ0) is 16.5. The fourth-order valence-electron chi connectivity index (χ4n) is 2.62. The number of halogens is 1. The SMILES string of the molecule is CO[C@@H]1N([C@H]2C[C@H](N=[N+]=[N-])[C@@H](CO)O2)[14C](=O)NC(=O)[C@@]1(C)Br. The molecule has 0 aromatic rings. The molecule has 0 spiro atoms. The van der Waals surface area contributed by atoms with Crippen LogP contribution in [0.1, 0.15) is 13.3 Å². The summed E-state index contributed by atoms with van der Waals surface area (Å²) in [5.74, 6) is -0.524. The van der Waals surface area contributed by atoms with Crippen LogP contribution in [0.3, 0.4) is 0 Å². The van der Waals surface area contributed by atoms with Gasteiger partial charge in [-0.3, -0.25) is 15.0 Å². The van der Waals surface area contributed by atoms with Crippen molar-refractivity contribution in [3.05, 3.63) is 10.4 Å². The number of urea groups is 1. The first-order chi connectivity index (χ1) is 10.4. The van der Waals surface area contributed by atoms with Crippen LogP contribution < -0.4 is 5.32 Å². The standard InChI is InChI=1S/C11H16BrN5O5/c1-11(12)8(19)14-10(20)17(9(11)21-2)7-3-5(15-16-13)6(4-18)22-7/h5-7,9,18H,3-4H2,1-2H3,(H,14,19,20)/t5-,6+,7+,9-,11+/m0/s1/i10+2. The molecular weight excluding hydrogens is 364 g/mol. The molecule has 2 aliphatic heterocycles. The molecule has 11 heteroatoms. The summed E-state index contributed by atoms with van der Waals surface area (Å²) in [6.45, 7) is 1.22. The number of nitrogens with zero attached hydrogens (tertiary/aromatic N) is 4. The molecule has 5 atom stereocenters. The van der Waals surface area contributed by atoms with E-state index in [4.69, 9.17) is 15.0 Å². The Hall–Kier alpha value is -1.39. The molecule has 2 fully saturated rings. The number of aliphatic hydroxyl groups excluding tert-OH is 1. The number of methoxy groups -OCH3 is 1. The second kappa shape index (κ2) is 6.39. The molecule has 10 nitrogen and oxygen atoms in total. The summed E-state index contributed by atoms with van der Waals surface area (Å²) in [5.41, 5.74) is 8.56. The van der Waals surface area contributed by atoms with Crippen molar-refractivity contribution in [2.45, 2.75) is 42.3 Å². The van der Waals surface area contributed by atoms with Crippen LogP contribution in [0.15, 0.2) is 5.11 Å². The minimum Gasteiger partial charge on any atom is -0.394 e. The van der Waals surface area contributed by atoms with Crippen LogP contribution in [0, 0.1) is 0 Å². The van der Waals surface area contributed by atoms with Crippen molar-refractivity contribution < 1.29 is 24.2 Å². The maximum atomic E-state index is 12.2. The van der Waals surface area contributed by atoms with E-state index < -0.39 is 40.9 Å². The van der Waals surface area contributed by atoms with E-state index in [0.29, 0.717) is 0 Å². The van der Waals surface area contributed by atoms with Gasteiger partial charge < -0.3 is 14.6 Å². The number of amides is 3. The molecule has 2 heterocycles. The van der Waals surface area contributed by atoms with E-state index in [9.17, 15) is 14.7 Å². The zero-order valence-corrected chi connectivity index (χ0v) is 13.6. The average Bonchev–Trinajstić information content (AvgIpc) is 2.85. The first-order valence-corrected chi connectivity index (χ1v) is 7.32. The Morgan fingerprint density at radius 2 is 2.45 bits per heavy atom. The molecule has 22 heavy (non-hydrogen) atoms. The van der Waals surface area contributed by atoms with Gasteiger partial charge in [0.1, 0.15) is 10.6 Å². The third kappa shape index (κ3) is 2.77. The molecule has 2 saturated heterocycles. The highest BCUT2D eigenvalue weighted by Gasteiger charge is 2.54. The number of rotatable bonds is 4. The number of azide groups is 1. The van der Waals surface area contributed by atoms with Crippen molar-refractivity contribution >= 4 is 27.9 Å². The topological polar surface area (TPSA) is 137 Å². The maximum Gasteiger partial charge on any atom is 0.328 e. The summed E-state index contributed by atoms with van der Waals surface area (Å²) in [7, 11) is 1.37. The van der Waals surface area contributed by atoms with Gasteiger partial charge in [0, 0.05) is 18.4 Å². The molecule has 0 aromatic heterocycles. The highest BCUT2D eigenvalue weighted by molar-refractivity contribution is 9.10. The van der Waals surface area contributed by atoms with Crippen LogP contribution in [0.25, 0.3) is 10.4 Å². The molecule has 0 unspecified atom stereocenters. The van der Waals surface area contributed by atoms with E-state index in [-0.39, 0.29) is 13.0 Å². The number of hydrogen-bond acceptors (Lipinski definition) is 6. The van der Waals surface area contributed by atoms with Crippen molar-refractivity contribution in [2.24, 2.45) is 5.11 Å². The molecule has 122 valence electrons. The van der Waals surface area contributed by atoms with Crippen LogP contribution in [-0.2, 0) is 14.3 Å². The summed E-state index contributed by atoms with van der Waals surface area (Å²) in [6.07, 6.45) is -2.23. The molecule has 0 aromatic carbocycles. The van der Waals surface area contributed by atoms with Crippen molar-refractivity contribution in [1.29, 1.82) is 0 Å². The maximum absolute atomic E-state index is 12.2. The summed E-state index contributed by atoms with van der Waals surface area (Å²) in [5, 5.41) is 15.1. The Bertz CT molecular complexity index is 523. The predicted octanol–water partition coefficient (Wildman–Crippen LogP) is 0.451. The lowest BCUT2D eigenvalue weighted by Crippen LogP contribution is -2.69. The van der Waals surface area contributed by atoms with Crippen molar-refractivity contribution in [1.82, 2.24) is 10.2 Å². The molecular formula is C11H16BrN5O5. The van der Waals surface area contributed by atoms with E-state index in [2.05, 4.69) is 31.3 Å². The first-order valence-electron chi connectivity index (χ1n) is 6.52. The van der Waals surface area contributed by atoms with E-state index >= 15 is 0 Å². The summed E-state index contributed by atoms with van der Waals surface area (Å²) in [6, 6.07) is -1.28. The molecule has 0 aliphatic carbocycles. The number of hydrogen-bond donors (Lipinski definition) is 2. The van der Waals surface area contributed by atoms with Gasteiger partial charge in [0.25, 0.3) is 0 Å². The monoisotopic (exact) mass is 379 g/mol. The number of nitrogens with one attached hydrogen (secondary N) is 1. The lowest BCUT2D eigenvalue weighted by atomic mass is 10.1. The number of aliphatic hydroxyl groups is 1. The molecule has 2 aliphatic rings. The zero-order valence-electron chi connectivity index (χ0n) is 12.0. The third-order valence-electron chi connectivity index (χ3n) is 3.73. The number of carbonyl (C=O) groups excluding carboxylic acids is 2. The molecule has 2 N–H and O–H groups in total. The van der Waals surface area contributed by atoms with Gasteiger partial charge in [-0.05, 0) is 12.5 Å². The van der Waals surface area contributed by atoms with Crippen LogP contribution in [-0.4, -0.2) is 64.6 Å². The predicted molar refractivity (Wildman–Crippen MR) is 76.8 cm³/mol. The Balaban J connectivity index is 2.28. The lowest BCUT2D eigenvalue weighted by Gasteiger charge is -2.44. The molecule has 0 radical (unpaired) electrons. The van der Waals surface area contributed by atoms with E-state index in [1.54, 1.807) is 6.92 Å². The highest BCUT2D eigenvalue weighted by atomic mass is 79.9. The Morgan fingerprint density at radius 3 is 3.00 bits per heavy atom. The second-order valence-electron chi connectivity index (χ2n) is 5.15. The summed E-state index contributed by atoms with van der Waals surface area (Å²) in [4.78, 5) is 28.0. The summed E-state index contributed by atoms with van der Waals surface area (Å²) < 4.78 is 9.71.